The first-order chi connectivity index (χ1) is 18.5. The van der Waals surface area contributed by atoms with Crippen LogP contribution in [-0.2, 0) is 27.4 Å². The van der Waals surface area contributed by atoms with Crippen molar-refractivity contribution in [3.05, 3.63) is 70.1 Å². The molecule has 1 amide bonds. The minimum absolute atomic E-state index is 0.0675. The Morgan fingerprint density at radius 2 is 1.82 bits per heavy atom. The zero-order chi connectivity index (χ0) is 26.9. The van der Waals surface area contributed by atoms with E-state index in [-0.39, 0.29) is 41.9 Å². The molecule has 0 unspecified atom stereocenters. The minimum atomic E-state index is -0.373. The predicted molar refractivity (Wildman–Crippen MR) is 140 cm³/mol. The SMILES string of the molecule is CCOC(=O)C1CCN(C(=O)CCc2nnc(-c3ccc(OCc4cccc(OC)c4)cc3)[nH]c2=O)CC1. The lowest BCUT2D eigenvalue weighted by molar-refractivity contribution is -0.151. The summed E-state index contributed by atoms with van der Waals surface area (Å²) in [5.41, 5.74) is 1.51. The molecule has 3 aromatic rings. The first-order valence-corrected chi connectivity index (χ1v) is 12.7. The number of methoxy groups -OCH3 is 1. The number of nitrogens with zero attached hydrogens (tertiary/aromatic N) is 3. The van der Waals surface area contributed by atoms with E-state index in [2.05, 4.69) is 15.2 Å². The highest BCUT2D eigenvalue weighted by Crippen LogP contribution is 2.21. The van der Waals surface area contributed by atoms with Gasteiger partial charge in [0.1, 0.15) is 23.8 Å². The third kappa shape index (κ3) is 6.96. The number of ether oxygens (including phenoxy) is 3. The van der Waals surface area contributed by atoms with E-state index in [9.17, 15) is 14.4 Å². The summed E-state index contributed by atoms with van der Waals surface area (Å²) in [6, 6.07) is 14.8. The first-order valence-electron chi connectivity index (χ1n) is 12.7. The Kier molecular flexibility index (Phi) is 9.07. The number of benzene rings is 2. The monoisotopic (exact) mass is 520 g/mol. The molecule has 10 heteroatoms. The predicted octanol–water partition coefficient (Wildman–Crippen LogP) is 3.15. The van der Waals surface area contributed by atoms with E-state index >= 15 is 0 Å². The number of aromatic nitrogens is 3. The number of hydrogen-bond acceptors (Lipinski definition) is 8. The van der Waals surface area contributed by atoms with Crippen LogP contribution in [0.3, 0.4) is 0 Å². The Balaban J connectivity index is 1.28. The second kappa shape index (κ2) is 12.8. The Hall–Kier alpha value is -4.21. The van der Waals surface area contributed by atoms with E-state index in [1.54, 1.807) is 43.2 Å². The van der Waals surface area contributed by atoms with Gasteiger partial charge in [-0.15, -0.1) is 10.2 Å². The van der Waals surface area contributed by atoms with Crippen LogP contribution in [0.25, 0.3) is 11.4 Å². The number of rotatable bonds is 10. The summed E-state index contributed by atoms with van der Waals surface area (Å²) in [4.78, 5) is 41.6. The molecular weight excluding hydrogens is 488 g/mol. The van der Waals surface area contributed by atoms with Crippen molar-refractivity contribution in [1.29, 1.82) is 0 Å². The molecule has 0 bridgehead atoms. The van der Waals surface area contributed by atoms with Gasteiger partial charge in [0.05, 0.1) is 19.6 Å². The number of esters is 1. The fraction of sp³-hybridized carbons (Fsp3) is 0.393. The van der Waals surface area contributed by atoms with Crippen LogP contribution in [0.2, 0.25) is 0 Å². The largest absolute Gasteiger partial charge is 0.497 e. The van der Waals surface area contributed by atoms with Crippen molar-refractivity contribution in [3.63, 3.8) is 0 Å². The number of piperidine rings is 1. The van der Waals surface area contributed by atoms with E-state index in [1.165, 1.54) is 0 Å². The van der Waals surface area contributed by atoms with Crippen LogP contribution in [-0.4, -0.2) is 58.8 Å². The molecule has 1 N–H and O–H groups in total. The van der Waals surface area contributed by atoms with Gasteiger partial charge in [0, 0.05) is 31.5 Å². The van der Waals surface area contributed by atoms with Crippen molar-refractivity contribution in [3.8, 4) is 22.9 Å². The average molecular weight is 521 g/mol. The van der Waals surface area contributed by atoms with Gasteiger partial charge in [0.25, 0.3) is 5.56 Å². The fourth-order valence-electron chi connectivity index (χ4n) is 4.30. The van der Waals surface area contributed by atoms with Gasteiger partial charge in [-0.05, 0) is 61.7 Å². The van der Waals surface area contributed by atoms with Crippen LogP contribution >= 0.6 is 0 Å². The summed E-state index contributed by atoms with van der Waals surface area (Å²) in [6.07, 6.45) is 1.52. The summed E-state index contributed by atoms with van der Waals surface area (Å²) in [6.45, 7) is 3.54. The van der Waals surface area contributed by atoms with E-state index in [0.717, 1.165) is 11.3 Å². The summed E-state index contributed by atoms with van der Waals surface area (Å²) >= 11 is 0. The van der Waals surface area contributed by atoms with Crippen LogP contribution in [0.4, 0.5) is 0 Å². The summed E-state index contributed by atoms with van der Waals surface area (Å²) in [7, 11) is 1.62. The average Bonchev–Trinajstić information content (AvgIpc) is 2.96. The summed E-state index contributed by atoms with van der Waals surface area (Å²) in [5.74, 6) is 1.36. The topological polar surface area (TPSA) is 124 Å². The Morgan fingerprint density at radius 1 is 1.05 bits per heavy atom. The highest BCUT2D eigenvalue weighted by molar-refractivity contribution is 5.77. The second-order valence-corrected chi connectivity index (χ2v) is 9.02. The smallest absolute Gasteiger partial charge is 0.309 e. The van der Waals surface area contributed by atoms with Crippen molar-refractivity contribution < 1.29 is 23.8 Å². The molecule has 1 aliphatic heterocycles. The van der Waals surface area contributed by atoms with Gasteiger partial charge < -0.3 is 24.1 Å². The lowest BCUT2D eigenvalue weighted by Gasteiger charge is -2.30. The van der Waals surface area contributed by atoms with Gasteiger partial charge in [0.15, 0.2) is 5.82 Å². The maximum absolute atomic E-state index is 12.6. The van der Waals surface area contributed by atoms with Crippen LogP contribution in [0, 0.1) is 5.92 Å². The van der Waals surface area contributed by atoms with Gasteiger partial charge in [-0.3, -0.25) is 14.4 Å². The number of carbonyl (C=O) groups excluding carboxylic acids is 2. The van der Waals surface area contributed by atoms with Gasteiger partial charge in [-0.2, -0.15) is 0 Å². The number of aromatic amines is 1. The van der Waals surface area contributed by atoms with Crippen molar-refractivity contribution in [2.45, 2.75) is 39.2 Å². The number of aryl methyl sites for hydroxylation is 1. The number of hydrogen-bond donors (Lipinski definition) is 1. The Morgan fingerprint density at radius 3 is 2.50 bits per heavy atom. The molecule has 0 aliphatic carbocycles. The molecular formula is C28H32N4O6. The second-order valence-electron chi connectivity index (χ2n) is 9.02. The standard InChI is InChI=1S/C28H32N4O6/c1-3-37-28(35)21-13-15-32(16-14-21)25(33)12-11-24-27(34)29-26(31-30-24)20-7-9-22(10-8-20)38-18-19-5-4-6-23(17-19)36-2/h4-10,17,21H,3,11-16,18H2,1-2H3,(H,29,31,34). The zero-order valence-electron chi connectivity index (χ0n) is 21.6. The fourth-order valence-corrected chi connectivity index (χ4v) is 4.30. The molecule has 1 aromatic heterocycles. The molecule has 1 fully saturated rings. The summed E-state index contributed by atoms with van der Waals surface area (Å²) < 4.78 is 16.1. The normalized spacial score (nSPS) is 13.7. The highest BCUT2D eigenvalue weighted by Gasteiger charge is 2.28. The van der Waals surface area contributed by atoms with E-state index in [0.29, 0.717) is 56.3 Å². The number of nitrogens with one attached hydrogen (secondary N) is 1. The molecule has 0 atom stereocenters. The van der Waals surface area contributed by atoms with Crippen LogP contribution < -0.4 is 15.0 Å². The molecule has 0 spiro atoms. The molecule has 1 saturated heterocycles. The number of amides is 1. The number of H-pyrrole nitrogens is 1. The molecule has 0 saturated carbocycles. The van der Waals surface area contributed by atoms with Crippen molar-refractivity contribution in [2.75, 3.05) is 26.8 Å². The van der Waals surface area contributed by atoms with E-state index < -0.39 is 0 Å². The van der Waals surface area contributed by atoms with Crippen LogP contribution in [0.1, 0.15) is 37.4 Å². The molecule has 0 radical (unpaired) electrons. The van der Waals surface area contributed by atoms with Crippen LogP contribution in [0.15, 0.2) is 53.3 Å². The molecule has 2 aromatic carbocycles. The number of carbonyl (C=O) groups is 2. The third-order valence-corrected chi connectivity index (χ3v) is 6.48. The molecule has 2 heterocycles. The quantitative estimate of drug-likeness (QED) is 0.405. The Bertz CT molecular complexity index is 1300. The molecule has 38 heavy (non-hydrogen) atoms. The first kappa shape index (κ1) is 26.8. The third-order valence-electron chi connectivity index (χ3n) is 6.48. The maximum atomic E-state index is 12.6. The summed E-state index contributed by atoms with van der Waals surface area (Å²) in [5, 5.41) is 8.23. The molecule has 1 aliphatic rings. The lowest BCUT2D eigenvalue weighted by Crippen LogP contribution is -2.40. The lowest BCUT2D eigenvalue weighted by atomic mass is 9.96. The van der Waals surface area contributed by atoms with E-state index in [1.807, 2.05) is 24.3 Å². The zero-order valence-corrected chi connectivity index (χ0v) is 21.6. The highest BCUT2D eigenvalue weighted by atomic mass is 16.5. The van der Waals surface area contributed by atoms with Gasteiger partial charge >= 0.3 is 5.97 Å². The maximum Gasteiger partial charge on any atom is 0.309 e. The molecule has 200 valence electrons. The van der Waals surface area contributed by atoms with Crippen molar-refractivity contribution in [2.24, 2.45) is 5.92 Å². The van der Waals surface area contributed by atoms with Gasteiger partial charge in [-0.25, -0.2) is 0 Å². The number of likely N-dealkylation sites (tertiary alicyclic amines) is 1. The minimum Gasteiger partial charge on any atom is -0.497 e. The Labute approximate surface area is 220 Å². The van der Waals surface area contributed by atoms with Crippen LogP contribution in [0.5, 0.6) is 11.5 Å². The van der Waals surface area contributed by atoms with Crippen molar-refractivity contribution >= 4 is 11.9 Å². The van der Waals surface area contributed by atoms with E-state index in [4.69, 9.17) is 14.2 Å². The van der Waals surface area contributed by atoms with Gasteiger partial charge in [0.2, 0.25) is 5.91 Å². The van der Waals surface area contributed by atoms with Crippen molar-refractivity contribution in [1.82, 2.24) is 20.1 Å². The molecule has 10 nitrogen and oxygen atoms in total. The molecule has 4 rings (SSSR count). The van der Waals surface area contributed by atoms with Gasteiger partial charge in [-0.1, -0.05) is 12.1 Å².